The highest BCUT2D eigenvalue weighted by molar-refractivity contribution is 6.32. The molecule has 34 heavy (non-hydrogen) atoms. The average Bonchev–Trinajstić information content (AvgIpc) is 2.83. The van der Waals surface area contributed by atoms with Crippen LogP contribution in [0.2, 0.25) is 5.02 Å². The predicted octanol–water partition coefficient (Wildman–Crippen LogP) is 6.09. The highest BCUT2D eigenvalue weighted by Gasteiger charge is 2.36. The van der Waals surface area contributed by atoms with Crippen LogP contribution in [0.1, 0.15) is 37.6 Å². The molecule has 1 saturated carbocycles. The minimum absolute atomic E-state index is 0.0993. The van der Waals surface area contributed by atoms with E-state index in [1.165, 1.54) is 12.0 Å². The molecular formula is C26H25ClN6O. The van der Waals surface area contributed by atoms with E-state index in [4.69, 9.17) is 31.7 Å². The molecule has 0 bridgehead atoms. The fourth-order valence-corrected chi connectivity index (χ4v) is 4.43. The van der Waals surface area contributed by atoms with Crippen LogP contribution in [0, 0.1) is 5.41 Å². The van der Waals surface area contributed by atoms with Gasteiger partial charge < -0.3 is 15.5 Å². The molecule has 7 nitrogen and oxygen atoms in total. The monoisotopic (exact) mass is 472 g/mol. The number of pyridine rings is 2. The van der Waals surface area contributed by atoms with E-state index >= 15 is 0 Å². The van der Waals surface area contributed by atoms with Crippen LogP contribution in [0.4, 0.5) is 11.5 Å². The van der Waals surface area contributed by atoms with Crippen molar-refractivity contribution in [3.63, 3.8) is 0 Å². The van der Waals surface area contributed by atoms with Gasteiger partial charge in [0.15, 0.2) is 11.5 Å². The summed E-state index contributed by atoms with van der Waals surface area (Å²) < 4.78 is 5.56. The van der Waals surface area contributed by atoms with E-state index in [9.17, 15) is 0 Å². The molecule has 0 aliphatic heterocycles. The number of aromatic nitrogens is 4. The van der Waals surface area contributed by atoms with E-state index < -0.39 is 0 Å². The standard InChI is InChI=1S/C26H25ClN6O/c1-2-34-15-22-32-24(30-18-8-6-17(7-9-18)26(16-28)12-4-13-26)19-10-11-21(31-25(19)33-22)23-20(27)5-3-14-29-23/h3,5-11,14,16,28H,2,4,12-13,15H2,1H3,(H,30,31,32,33). The summed E-state index contributed by atoms with van der Waals surface area (Å²) >= 11 is 6.34. The number of hydrogen-bond acceptors (Lipinski definition) is 7. The SMILES string of the molecule is CCOCc1nc(Nc2ccc(C3(C=N)CCC3)cc2)c2ccc(-c3ncccc3Cl)nc2n1. The van der Waals surface area contributed by atoms with Gasteiger partial charge in [0, 0.05) is 30.1 Å². The molecule has 0 saturated heterocycles. The van der Waals surface area contributed by atoms with Crippen LogP contribution in [0.15, 0.2) is 54.7 Å². The van der Waals surface area contributed by atoms with E-state index in [1.54, 1.807) is 24.5 Å². The molecule has 0 amide bonds. The van der Waals surface area contributed by atoms with E-state index in [-0.39, 0.29) is 12.0 Å². The number of anilines is 2. The second-order valence-electron chi connectivity index (χ2n) is 8.38. The van der Waals surface area contributed by atoms with Crippen LogP contribution in [0.25, 0.3) is 22.4 Å². The third-order valence-electron chi connectivity index (χ3n) is 6.29. The van der Waals surface area contributed by atoms with Crippen LogP contribution >= 0.6 is 11.6 Å². The van der Waals surface area contributed by atoms with Crippen molar-refractivity contribution >= 4 is 40.4 Å². The molecule has 0 unspecified atom stereocenters. The Labute approximate surface area is 203 Å². The van der Waals surface area contributed by atoms with Gasteiger partial charge in [-0.15, -0.1) is 0 Å². The number of fused-ring (bicyclic) bond motifs is 1. The van der Waals surface area contributed by atoms with Crippen molar-refractivity contribution < 1.29 is 4.74 Å². The topological polar surface area (TPSA) is 96.7 Å². The van der Waals surface area contributed by atoms with E-state index in [0.717, 1.165) is 23.9 Å². The highest BCUT2D eigenvalue weighted by atomic mass is 35.5. The highest BCUT2D eigenvalue weighted by Crippen LogP contribution is 2.42. The average molecular weight is 473 g/mol. The smallest absolute Gasteiger partial charge is 0.165 e. The largest absolute Gasteiger partial charge is 0.374 e. The summed E-state index contributed by atoms with van der Waals surface area (Å²) in [6.45, 7) is 2.79. The number of nitrogens with zero attached hydrogens (tertiary/aromatic N) is 4. The van der Waals surface area contributed by atoms with Gasteiger partial charge in [-0.05, 0) is 61.7 Å². The molecule has 1 aliphatic carbocycles. The van der Waals surface area contributed by atoms with Gasteiger partial charge in [-0.1, -0.05) is 30.2 Å². The van der Waals surface area contributed by atoms with Crippen molar-refractivity contribution in [2.45, 2.75) is 38.2 Å². The van der Waals surface area contributed by atoms with Crippen LogP contribution in [0.3, 0.4) is 0 Å². The predicted molar refractivity (Wildman–Crippen MR) is 135 cm³/mol. The Hall–Kier alpha value is -3.42. The first-order valence-electron chi connectivity index (χ1n) is 11.4. The quantitative estimate of drug-likeness (QED) is 0.301. The van der Waals surface area contributed by atoms with Crippen molar-refractivity contribution in [3.05, 3.63) is 71.1 Å². The first kappa shape index (κ1) is 22.4. The Balaban J connectivity index is 1.51. The molecule has 8 heteroatoms. The molecule has 1 aliphatic rings. The van der Waals surface area contributed by atoms with Crippen LogP contribution in [-0.2, 0) is 16.8 Å². The van der Waals surface area contributed by atoms with Gasteiger partial charge in [0.2, 0.25) is 0 Å². The van der Waals surface area contributed by atoms with Gasteiger partial charge >= 0.3 is 0 Å². The second kappa shape index (κ2) is 9.44. The van der Waals surface area contributed by atoms with Crippen LogP contribution < -0.4 is 5.32 Å². The summed E-state index contributed by atoms with van der Waals surface area (Å²) in [7, 11) is 0. The minimum Gasteiger partial charge on any atom is -0.374 e. The van der Waals surface area contributed by atoms with E-state index in [1.807, 2.05) is 31.2 Å². The van der Waals surface area contributed by atoms with Gasteiger partial charge in [0.1, 0.15) is 18.1 Å². The number of nitrogens with one attached hydrogen (secondary N) is 2. The zero-order chi connectivity index (χ0) is 23.5. The Morgan fingerprint density at radius 1 is 1.09 bits per heavy atom. The van der Waals surface area contributed by atoms with Gasteiger partial charge in [-0.2, -0.15) is 0 Å². The maximum atomic E-state index is 7.85. The summed E-state index contributed by atoms with van der Waals surface area (Å²) in [5, 5.41) is 12.6. The fraction of sp³-hybridized carbons (Fsp3) is 0.269. The lowest BCUT2D eigenvalue weighted by Crippen LogP contribution is -2.35. The molecule has 1 fully saturated rings. The third-order valence-corrected chi connectivity index (χ3v) is 6.59. The normalized spacial score (nSPS) is 14.5. The Morgan fingerprint density at radius 3 is 2.59 bits per heavy atom. The molecule has 3 aromatic heterocycles. The fourth-order valence-electron chi connectivity index (χ4n) is 4.21. The molecule has 172 valence electrons. The Kier molecular flexibility index (Phi) is 6.22. The molecule has 4 aromatic rings. The summed E-state index contributed by atoms with van der Waals surface area (Å²) in [6, 6.07) is 15.6. The van der Waals surface area contributed by atoms with Crippen LogP contribution in [0.5, 0.6) is 0 Å². The lowest BCUT2D eigenvalue weighted by Gasteiger charge is -2.38. The molecule has 0 radical (unpaired) electrons. The first-order chi connectivity index (χ1) is 16.6. The zero-order valence-electron chi connectivity index (χ0n) is 18.9. The second-order valence-corrected chi connectivity index (χ2v) is 8.79. The number of rotatable bonds is 8. The van der Waals surface area contributed by atoms with Crippen molar-refractivity contribution in [2.75, 3.05) is 11.9 Å². The molecule has 0 atom stereocenters. The molecular weight excluding hydrogens is 448 g/mol. The van der Waals surface area contributed by atoms with Gasteiger partial charge in [0.05, 0.1) is 16.1 Å². The molecule has 1 aromatic carbocycles. The Bertz CT molecular complexity index is 1340. The lowest BCUT2D eigenvalue weighted by atomic mass is 9.65. The van der Waals surface area contributed by atoms with Gasteiger partial charge in [-0.3, -0.25) is 4.98 Å². The Morgan fingerprint density at radius 2 is 1.91 bits per heavy atom. The number of halogens is 1. The van der Waals surface area contributed by atoms with Crippen molar-refractivity contribution in [2.24, 2.45) is 0 Å². The van der Waals surface area contributed by atoms with Crippen LogP contribution in [-0.4, -0.2) is 32.8 Å². The molecule has 0 spiro atoms. The summed E-state index contributed by atoms with van der Waals surface area (Å²) in [5.74, 6) is 1.20. The molecule has 2 N–H and O–H groups in total. The number of ether oxygens (including phenoxy) is 1. The van der Waals surface area contributed by atoms with E-state index in [2.05, 4.69) is 27.4 Å². The number of hydrogen-bond donors (Lipinski definition) is 2. The lowest BCUT2D eigenvalue weighted by molar-refractivity contribution is 0.128. The maximum Gasteiger partial charge on any atom is 0.165 e. The van der Waals surface area contributed by atoms with Crippen molar-refractivity contribution in [3.8, 4) is 11.4 Å². The first-order valence-corrected chi connectivity index (χ1v) is 11.8. The van der Waals surface area contributed by atoms with Crippen molar-refractivity contribution in [1.29, 1.82) is 5.41 Å². The zero-order valence-corrected chi connectivity index (χ0v) is 19.6. The van der Waals surface area contributed by atoms with Gasteiger partial charge in [0.25, 0.3) is 0 Å². The summed E-state index contributed by atoms with van der Waals surface area (Å²) in [6.07, 6.45) is 6.53. The molecule has 3 heterocycles. The maximum absolute atomic E-state index is 7.85. The van der Waals surface area contributed by atoms with Gasteiger partial charge in [-0.25, -0.2) is 15.0 Å². The number of benzene rings is 1. The third kappa shape index (κ3) is 4.24. The summed E-state index contributed by atoms with van der Waals surface area (Å²) in [5.41, 5.74) is 3.78. The molecule has 5 rings (SSSR count). The van der Waals surface area contributed by atoms with E-state index in [0.29, 0.717) is 40.3 Å². The minimum atomic E-state index is -0.0993. The summed E-state index contributed by atoms with van der Waals surface area (Å²) in [4.78, 5) is 18.4. The van der Waals surface area contributed by atoms with Crippen molar-refractivity contribution in [1.82, 2.24) is 19.9 Å².